The van der Waals surface area contributed by atoms with Gasteiger partial charge in [-0.05, 0) is 32.0 Å². The fourth-order valence-electron chi connectivity index (χ4n) is 2.25. The Morgan fingerprint density at radius 1 is 1.44 bits per heavy atom. The van der Waals surface area contributed by atoms with Crippen LogP contribution in [0.4, 0.5) is 11.4 Å². The van der Waals surface area contributed by atoms with E-state index in [0.29, 0.717) is 11.3 Å². The van der Waals surface area contributed by atoms with Crippen LogP contribution in [-0.4, -0.2) is 29.5 Å². The van der Waals surface area contributed by atoms with Crippen LogP contribution in [0.15, 0.2) is 18.2 Å². The summed E-state index contributed by atoms with van der Waals surface area (Å²) in [4.78, 5) is 13.7. The number of nitrogen functional groups attached to an aromatic ring is 1. The molecular formula is C13H19N3OS. The lowest BCUT2D eigenvalue weighted by molar-refractivity contribution is 0.100. The summed E-state index contributed by atoms with van der Waals surface area (Å²) in [6.45, 7) is 6.26. The molecule has 0 atom stereocenters. The number of benzene rings is 1. The van der Waals surface area contributed by atoms with Crippen LogP contribution in [0.25, 0.3) is 0 Å². The third-order valence-electron chi connectivity index (χ3n) is 3.05. The number of thioether (sulfide) groups is 1. The maximum absolute atomic E-state index is 11.5. The number of carbonyl (C=O) groups excluding carboxylic acids is 1. The summed E-state index contributed by atoms with van der Waals surface area (Å²) in [6.07, 6.45) is 0. The Hall–Kier alpha value is -1.36. The van der Waals surface area contributed by atoms with Crippen molar-refractivity contribution < 1.29 is 4.79 Å². The van der Waals surface area contributed by atoms with Gasteiger partial charge in [0, 0.05) is 35.0 Å². The van der Waals surface area contributed by atoms with Gasteiger partial charge < -0.3 is 16.4 Å². The Morgan fingerprint density at radius 3 is 2.78 bits per heavy atom. The van der Waals surface area contributed by atoms with E-state index >= 15 is 0 Å². The van der Waals surface area contributed by atoms with Crippen molar-refractivity contribution in [3.05, 3.63) is 23.8 Å². The molecule has 0 aliphatic carbocycles. The number of rotatable bonds is 2. The summed E-state index contributed by atoms with van der Waals surface area (Å²) < 4.78 is 0.189. The zero-order chi connectivity index (χ0) is 13.3. The second-order valence-electron chi connectivity index (χ2n) is 5.17. The van der Waals surface area contributed by atoms with E-state index in [1.54, 1.807) is 6.07 Å². The van der Waals surface area contributed by atoms with Crippen LogP contribution in [0.3, 0.4) is 0 Å². The zero-order valence-electron chi connectivity index (χ0n) is 10.8. The fraction of sp³-hybridized carbons (Fsp3) is 0.462. The molecule has 1 amide bonds. The van der Waals surface area contributed by atoms with Crippen molar-refractivity contribution >= 4 is 29.0 Å². The molecule has 18 heavy (non-hydrogen) atoms. The number of hydrogen-bond donors (Lipinski definition) is 2. The summed E-state index contributed by atoms with van der Waals surface area (Å²) in [5, 5.41) is 0. The van der Waals surface area contributed by atoms with Crippen LogP contribution < -0.4 is 16.4 Å². The van der Waals surface area contributed by atoms with E-state index in [-0.39, 0.29) is 4.75 Å². The third kappa shape index (κ3) is 2.72. The van der Waals surface area contributed by atoms with E-state index in [4.69, 9.17) is 11.5 Å². The maximum atomic E-state index is 11.5. The summed E-state index contributed by atoms with van der Waals surface area (Å²) in [5.41, 5.74) is 13.1. The molecule has 1 fully saturated rings. The predicted octanol–water partition coefficient (Wildman–Crippen LogP) is 1.70. The van der Waals surface area contributed by atoms with Gasteiger partial charge in [-0.1, -0.05) is 0 Å². The van der Waals surface area contributed by atoms with Gasteiger partial charge in [0.2, 0.25) is 0 Å². The number of nitrogens with zero attached hydrogens (tertiary/aromatic N) is 1. The first kappa shape index (κ1) is 13.1. The van der Waals surface area contributed by atoms with Gasteiger partial charge in [0.15, 0.2) is 0 Å². The van der Waals surface area contributed by atoms with Gasteiger partial charge in [-0.25, -0.2) is 0 Å². The lowest BCUT2D eigenvalue weighted by Crippen LogP contribution is -2.43. The van der Waals surface area contributed by atoms with Crippen molar-refractivity contribution in [3.8, 4) is 0 Å². The van der Waals surface area contributed by atoms with E-state index in [2.05, 4.69) is 18.7 Å². The molecule has 1 aromatic carbocycles. The number of primary amides is 1. The normalized spacial score (nSPS) is 18.7. The van der Waals surface area contributed by atoms with Gasteiger partial charge in [0.1, 0.15) is 0 Å². The summed E-state index contributed by atoms with van der Waals surface area (Å²) in [6, 6.07) is 5.37. The van der Waals surface area contributed by atoms with E-state index < -0.39 is 5.91 Å². The second kappa shape index (κ2) is 4.72. The molecule has 1 aliphatic heterocycles. The van der Waals surface area contributed by atoms with Crippen molar-refractivity contribution in [1.29, 1.82) is 0 Å². The van der Waals surface area contributed by atoms with Crippen LogP contribution >= 0.6 is 11.8 Å². The van der Waals surface area contributed by atoms with E-state index in [9.17, 15) is 4.79 Å². The van der Waals surface area contributed by atoms with E-state index in [1.165, 1.54) is 0 Å². The molecule has 1 heterocycles. The van der Waals surface area contributed by atoms with Gasteiger partial charge in [0.25, 0.3) is 5.91 Å². The smallest absolute Gasteiger partial charge is 0.250 e. The van der Waals surface area contributed by atoms with Gasteiger partial charge in [0.05, 0.1) is 5.56 Å². The highest BCUT2D eigenvalue weighted by Gasteiger charge is 2.28. The summed E-state index contributed by atoms with van der Waals surface area (Å²) in [5.74, 6) is 0.628. The molecule has 0 spiro atoms. The summed E-state index contributed by atoms with van der Waals surface area (Å²) >= 11 is 1.95. The van der Waals surface area contributed by atoms with Gasteiger partial charge in [-0.3, -0.25) is 4.79 Å². The van der Waals surface area contributed by atoms with Crippen LogP contribution in [0, 0.1) is 0 Å². The minimum absolute atomic E-state index is 0.189. The fourth-order valence-corrected chi connectivity index (χ4v) is 3.36. The number of anilines is 2. The molecule has 4 N–H and O–H groups in total. The SMILES string of the molecule is CC1(C)CN(c2ccc(N)cc2C(N)=O)CCS1. The zero-order valence-corrected chi connectivity index (χ0v) is 11.6. The molecule has 4 nitrogen and oxygen atoms in total. The highest BCUT2D eigenvalue weighted by atomic mass is 32.2. The van der Waals surface area contributed by atoms with E-state index in [1.807, 2.05) is 23.9 Å². The number of hydrogen-bond acceptors (Lipinski definition) is 4. The third-order valence-corrected chi connectivity index (χ3v) is 4.35. The van der Waals surface area contributed by atoms with Crippen molar-refractivity contribution in [1.82, 2.24) is 0 Å². The van der Waals surface area contributed by atoms with Gasteiger partial charge >= 0.3 is 0 Å². The molecular weight excluding hydrogens is 246 g/mol. The molecule has 0 bridgehead atoms. The summed E-state index contributed by atoms with van der Waals surface area (Å²) in [7, 11) is 0. The largest absolute Gasteiger partial charge is 0.399 e. The van der Waals surface area contributed by atoms with Crippen LogP contribution in [0.5, 0.6) is 0 Å². The molecule has 1 saturated heterocycles. The Morgan fingerprint density at radius 2 is 2.17 bits per heavy atom. The molecule has 2 rings (SSSR count). The Kier molecular flexibility index (Phi) is 3.43. The van der Waals surface area contributed by atoms with Crippen LogP contribution in [0.1, 0.15) is 24.2 Å². The first-order chi connectivity index (χ1) is 8.39. The Bertz CT molecular complexity index is 473. The lowest BCUT2D eigenvalue weighted by Gasteiger charge is -2.39. The van der Waals surface area contributed by atoms with Crippen LogP contribution in [-0.2, 0) is 0 Å². The quantitative estimate of drug-likeness (QED) is 0.798. The van der Waals surface area contributed by atoms with Gasteiger partial charge in [-0.15, -0.1) is 0 Å². The Labute approximate surface area is 112 Å². The molecule has 1 aliphatic rings. The molecule has 0 unspecified atom stereocenters. The predicted molar refractivity (Wildman–Crippen MR) is 78.1 cm³/mol. The minimum Gasteiger partial charge on any atom is -0.399 e. The second-order valence-corrected chi connectivity index (χ2v) is 6.97. The minimum atomic E-state index is -0.423. The highest BCUT2D eigenvalue weighted by molar-refractivity contribution is 8.00. The standard InChI is InChI=1S/C13H19N3OS/c1-13(2)8-16(5-6-18-13)11-4-3-9(14)7-10(11)12(15)17/h3-4,7H,5-6,8,14H2,1-2H3,(H2,15,17). The molecule has 0 saturated carbocycles. The van der Waals surface area contributed by atoms with Crippen molar-refractivity contribution in [3.63, 3.8) is 0 Å². The van der Waals surface area contributed by atoms with Crippen LogP contribution in [0.2, 0.25) is 0 Å². The lowest BCUT2D eigenvalue weighted by atomic mass is 10.1. The Balaban J connectivity index is 2.35. The number of nitrogens with two attached hydrogens (primary N) is 2. The number of amides is 1. The monoisotopic (exact) mass is 265 g/mol. The topological polar surface area (TPSA) is 72.3 Å². The maximum Gasteiger partial charge on any atom is 0.250 e. The highest BCUT2D eigenvalue weighted by Crippen LogP contribution is 2.33. The average Bonchev–Trinajstić information content (AvgIpc) is 2.27. The van der Waals surface area contributed by atoms with Crippen molar-refractivity contribution in [2.75, 3.05) is 29.5 Å². The number of carbonyl (C=O) groups is 1. The first-order valence-corrected chi connectivity index (χ1v) is 6.96. The average molecular weight is 265 g/mol. The van der Waals surface area contributed by atoms with E-state index in [0.717, 1.165) is 24.5 Å². The van der Waals surface area contributed by atoms with Crippen molar-refractivity contribution in [2.24, 2.45) is 5.73 Å². The van der Waals surface area contributed by atoms with Crippen molar-refractivity contribution in [2.45, 2.75) is 18.6 Å². The molecule has 0 radical (unpaired) electrons. The first-order valence-electron chi connectivity index (χ1n) is 5.97. The van der Waals surface area contributed by atoms with Gasteiger partial charge in [-0.2, -0.15) is 11.8 Å². The molecule has 0 aromatic heterocycles. The molecule has 5 heteroatoms. The molecule has 98 valence electrons. The molecule has 1 aromatic rings.